The summed E-state index contributed by atoms with van der Waals surface area (Å²) in [7, 11) is 0. The molecule has 4 heteroatoms. The quantitative estimate of drug-likeness (QED) is 0.565. The van der Waals surface area contributed by atoms with Crippen molar-refractivity contribution in [2.24, 2.45) is 0 Å². The first kappa shape index (κ1) is 14.5. The van der Waals surface area contributed by atoms with Crippen LogP contribution in [-0.4, -0.2) is 22.8 Å². The van der Waals surface area contributed by atoms with E-state index in [0.717, 1.165) is 37.4 Å². The van der Waals surface area contributed by atoms with Crippen molar-refractivity contribution in [3.63, 3.8) is 0 Å². The molecule has 98 valence electrons. The van der Waals surface area contributed by atoms with Crippen LogP contribution in [0.5, 0.6) is 0 Å². The second-order valence-electron chi connectivity index (χ2n) is 4.64. The Bertz CT molecular complexity index is 368. The van der Waals surface area contributed by atoms with Crippen LogP contribution in [0, 0.1) is 4.77 Å². The number of rotatable bonds is 8. The number of nitrogens with one attached hydrogen (secondary N) is 1. The minimum Gasteiger partial charge on any atom is -0.381 e. The first-order chi connectivity index (χ1) is 8.16. The van der Waals surface area contributed by atoms with Crippen molar-refractivity contribution < 1.29 is 4.74 Å². The summed E-state index contributed by atoms with van der Waals surface area (Å²) in [5, 5.41) is 0. The van der Waals surface area contributed by atoms with Gasteiger partial charge in [0.05, 0.1) is 0 Å². The van der Waals surface area contributed by atoms with Gasteiger partial charge in [-0.2, -0.15) is 0 Å². The van der Waals surface area contributed by atoms with Crippen LogP contribution in [0.15, 0.2) is 6.20 Å². The molecule has 1 aromatic heterocycles. The predicted molar refractivity (Wildman–Crippen MR) is 74.0 cm³/mol. The van der Waals surface area contributed by atoms with Crippen molar-refractivity contribution in [2.45, 2.75) is 52.5 Å². The van der Waals surface area contributed by atoms with Crippen LogP contribution in [0.4, 0.5) is 0 Å². The molecule has 0 aliphatic rings. The van der Waals surface area contributed by atoms with E-state index in [1.807, 2.05) is 6.20 Å². The van der Waals surface area contributed by atoms with Gasteiger partial charge >= 0.3 is 0 Å². The Labute approximate surface area is 109 Å². The zero-order valence-electron chi connectivity index (χ0n) is 11.2. The molecule has 0 amide bonds. The monoisotopic (exact) mass is 256 g/mol. The van der Waals surface area contributed by atoms with E-state index in [4.69, 9.17) is 17.0 Å². The van der Waals surface area contributed by atoms with E-state index in [-0.39, 0.29) is 0 Å². The highest BCUT2D eigenvalue weighted by Gasteiger charge is 2.07. The Morgan fingerprint density at radius 3 is 2.71 bits per heavy atom. The Balaban J connectivity index is 2.36. The normalized spacial score (nSPS) is 11.3. The third-order valence-corrected chi connectivity index (χ3v) is 3.14. The zero-order chi connectivity index (χ0) is 12.7. The van der Waals surface area contributed by atoms with Crippen LogP contribution < -0.4 is 0 Å². The van der Waals surface area contributed by atoms with Crippen molar-refractivity contribution in [1.82, 2.24) is 9.55 Å². The largest absolute Gasteiger partial charge is 0.381 e. The highest BCUT2D eigenvalue weighted by molar-refractivity contribution is 7.71. The lowest BCUT2D eigenvalue weighted by molar-refractivity contribution is 0.125. The molecule has 1 N–H and O–H groups in total. The predicted octanol–water partition coefficient (Wildman–Crippen LogP) is 3.88. The van der Waals surface area contributed by atoms with Crippen molar-refractivity contribution in [2.75, 3.05) is 13.2 Å². The molecular formula is C13H24N2OS. The first-order valence-corrected chi connectivity index (χ1v) is 6.93. The van der Waals surface area contributed by atoms with Crippen LogP contribution in [0.2, 0.25) is 0 Å². The lowest BCUT2D eigenvalue weighted by Crippen LogP contribution is -2.07. The van der Waals surface area contributed by atoms with Crippen LogP contribution in [0.3, 0.4) is 0 Å². The summed E-state index contributed by atoms with van der Waals surface area (Å²) in [4.78, 5) is 3.12. The summed E-state index contributed by atoms with van der Waals surface area (Å²) in [6, 6.07) is 0. The number of imidazole rings is 1. The van der Waals surface area contributed by atoms with Crippen LogP contribution >= 0.6 is 12.2 Å². The highest BCUT2D eigenvalue weighted by Crippen LogP contribution is 2.14. The molecule has 1 heterocycles. The number of nitrogens with zero attached hydrogens (tertiary/aromatic N) is 1. The molecule has 1 rings (SSSR count). The maximum absolute atomic E-state index is 5.56. The molecule has 3 nitrogen and oxygen atoms in total. The van der Waals surface area contributed by atoms with Gasteiger partial charge in [-0.3, -0.25) is 0 Å². The smallest absolute Gasteiger partial charge is 0.177 e. The van der Waals surface area contributed by atoms with Crippen molar-refractivity contribution in [1.29, 1.82) is 0 Å². The number of ether oxygens (including phenoxy) is 1. The molecular weight excluding hydrogens is 232 g/mol. The second kappa shape index (κ2) is 7.67. The number of unbranched alkanes of at least 4 members (excludes halogenated alkanes) is 1. The van der Waals surface area contributed by atoms with Gasteiger partial charge in [-0.15, -0.1) is 0 Å². The second-order valence-corrected chi connectivity index (χ2v) is 5.03. The van der Waals surface area contributed by atoms with E-state index < -0.39 is 0 Å². The van der Waals surface area contributed by atoms with E-state index in [9.17, 15) is 0 Å². The Morgan fingerprint density at radius 1 is 1.35 bits per heavy atom. The Morgan fingerprint density at radius 2 is 2.06 bits per heavy atom. The molecule has 0 atom stereocenters. The first-order valence-electron chi connectivity index (χ1n) is 6.52. The van der Waals surface area contributed by atoms with Gasteiger partial charge in [0.1, 0.15) is 0 Å². The summed E-state index contributed by atoms with van der Waals surface area (Å²) in [6.07, 6.45) is 5.39. The number of hydrogen-bond donors (Lipinski definition) is 1. The lowest BCUT2D eigenvalue weighted by atomic mass is 10.1. The molecule has 17 heavy (non-hydrogen) atoms. The van der Waals surface area contributed by atoms with Crippen molar-refractivity contribution in [3.8, 4) is 0 Å². The lowest BCUT2D eigenvalue weighted by Gasteiger charge is -2.10. The summed E-state index contributed by atoms with van der Waals surface area (Å²) in [5.41, 5.74) is 1.28. The van der Waals surface area contributed by atoms with E-state index >= 15 is 0 Å². The number of aromatic nitrogens is 2. The molecule has 0 fully saturated rings. The van der Waals surface area contributed by atoms with Crippen molar-refractivity contribution >= 4 is 12.2 Å². The fourth-order valence-electron chi connectivity index (χ4n) is 1.79. The summed E-state index contributed by atoms with van der Waals surface area (Å²) < 4.78 is 8.56. The Hall–Kier alpha value is -0.610. The number of hydrogen-bond acceptors (Lipinski definition) is 2. The van der Waals surface area contributed by atoms with Crippen LogP contribution in [0.25, 0.3) is 0 Å². The number of aromatic amines is 1. The van der Waals surface area contributed by atoms with E-state index in [1.165, 1.54) is 12.1 Å². The van der Waals surface area contributed by atoms with E-state index in [0.29, 0.717) is 5.92 Å². The fraction of sp³-hybridized carbons (Fsp3) is 0.769. The van der Waals surface area contributed by atoms with Gasteiger partial charge in [-0.25, -0.2) is 0 Å². The third-order valence-electron chi connectivity index (χ3n) is 2.80. The molecule has 0 spiro atoms. The zero-order valence-corrected chi connectivity index (χ0v) is 12.0. The van der Waals surface area contributed by atoms with E-state index in [2.05, 4.69) is 30.3 Å². The molecule has 0 saturated heterocycles. The summed E-state index contributed by atoms with van der Waals surface area (Å²) >= 11 is 5.28. The van der Waals surface area contributed by atoms with Crippen LogP contribution in [-0.2, 0) is 11.3 Å². The van der Waals surface area contributed by atoms with Gasteiger partial charge in [0, 0.05) is 31.6 Å². The average molecular weight is 256 g/mol. The molecule has 0 aliphatic heterocycles. The molecule has 0 saturated carbocycles. The minimum absolute atomic E-state index is 0.504. The van der Waals surface area contributed by atoms with Gasteiger partial charge < -0.3 is 14.3 Å². The molecule has 0 radical (unpaired) electrons. The molecule has 1 aromatic rings. The molecule has 0 unspecified atom stereocenters. The van der Waals surface area contributed by atoms with Gasteiger partial charge in [-0.05, 0) is 31.0 Å². The van der Waals surface area contributed by atoms with Crippen molar-refractivity contribution in [3.05, 3.63) is 16.7 Å². The topological polar surface area (TPSA) is 29.9 Å². The fourth-order valence-corrected chi connectivity index (χ4v) is 2.05. The Kier molecular flexibility index (Phi) is 6.52. The molecule has 0 bridgehead atoms. The van der Waals surface area contributed by atoms with Crippen LogP contribution in [0.1, 0.15) is 51.6 Å². The van der Waals surface area contributed by atoms with Gasteiger partial charge in [0.2, 0.25) is 0 Å². The standard InChI is InChI=1S/C13H24N2OS/c1-4-5-8-16-9-6-7-15-12(11(2)3)10-14-13(15)17/h10-11H,4-9H2,1-3H3,(H,14,17). The summed E-state index contributed by atoms with van der Waals surface area (Å²) in [5.74, 6) is 0.504. The van der Waals surface area contributed by atoms with Gasteiger partial charge in [-0.1, -0.05) is 27.2 Å². The van der Waals surface area contributed by atoms with Gasteiger partial charge in [0.25, 0.3) is 0 Å². The maximum atomic E-state index is 5.56. The number of H-pyrrole nitrogens is 1. The van der Waals surface area contributed by atoms with E-state index in [1.54, 1.807) is 0 Å². The average Bonchev–Trinajstić information content (AvgIpc) is 2.65. The SMILES string of the molecule is CCCCOCCCn1c(C(C)C)c[nH]c1=S. The third kappa shape index (κ3) is 4.64. The minimum atomic E-state index is 0.504. The summed E-state index contributed by atoms with van der Waals surface area (Å²) in [6.45, 7) is 9.20. The molecule has 0 aromatic carbocycles. The molecule has 0 aliphatic carbocycles. The van der Waals surface area contributed by atoms with Gasteiger partial charge in [0.15, 0.2) is 4.77 Å². The highest BCUT2D eigenvalue weighted by atomic mass is 32.1. The maximum Gasteiger partial charge on any atom is 0.177 e.